The lowest BCUT2D eigenvalue weighted by atomic mass is 10.1. The van der Waals surface area contributed by atoms with E-state index in [1.807, 2.05) is 37.3 Å². The molecule has 0 heterocycles. The Hall–Kier alpha value is -2.69. The molecule has 0 unspecified atom stereocenters. The maximum absolute atomic E-state index is 12.6. The third-order valence-corrected chi connectivity index (χ3v) is 3.30. The molecule has 0 saturated heterocycles. The van der Waals surface area contributed by atoms with Crippen molar-refractivity contribution in [2.24, 2.45) is 0 Å². The molecule has 0 bridgehead atoms. The molecule has 0 aliphatic carbocycles. The van der Waals surface area contributed by atoms with Gasteiger partial charge >= 0.3 is 0 Å². The van der Waals surface area contributed by atoms with E-state index in [-0.39, 0.29) is 11.6 Å². The highest BCUT2D eigenvalue weighted by atomic mass is 16.6. The van der Waals surface area contributed by atoms with Gasteiger partial charge in [-0.3, -0.25) is 14.9 Å². The summed E-state index contributed by atoms with van der Waals surface area (Å²) in [6.07, 6.45) is 0.827. The van der Waals surface area contributed by atoms with Gasteiger partial charge in [-0.1, -0.05) is 43.3 Å². The normalized spacial score (nSPS) is 10.2. The molecule has 0 radical (unpaired) electrons. The minimum atomic E-state index is -0.488. The van der Waals surface area contributed by atoms with E-state index in [0.717, 1.165) is 12.0 Å². The number of carbonyl (C=O) groups excluding carboxylic acids is 1. The maximum atomic E-state index is 12.6. The third kappa shape index (κ3) is 3.91. The van der Waals surface area contributed by atoms with Crippen molar-refractivity contribution in [3.63, 3.8) is 0 Å². The second-order valence-corrected chi connectivity index (χ2v) is 5.02. The highest BCUT2D eigenvalue weighted by Crippen LogP contribution is 2.16. The Labute approximate surface area is 129 Å². The minimum Gasteiger partial charge on any atom is -0.334 e. The monoisotopic (exact) mass is 298 g/mol. The lowest BCUT2D eigenvalue weighted by Crippen LogP contribution is -2.31. The molecule has 0 atom stereocenters. The Morgan fingerprint density at radius 2 is 1.86 bits per heavy atom. The number of hydrogen-bond donors (Lipinski definition) is 0. The first-order valence-electron chi connectivity index (χ1n) is 7.19. The second-order valence-electron chi connectivity index (χ2n) is 5.02. The molecule has 5 nitrogen and oxygen atoms in total. The van der Waals surface area contributed by atoms with Gasteiger partial charge in [-0.25, -0.2) is 0 Å². The van der Waals surface area contributed by atoms with E-state index in [1.54, 1.807) is 11.0 Å². The van der Waals surface area contributed by atoms with Crippen molar-refractivity contribution in [2.45, 2.75) is 19.9 Å². The zero-order valence-electron chi connectivity index (χ0n) is 12.4. The molecule has 2 aromatic carbocycles. The maximum Gasteiger partial charge on any atom is 0.270 e. The largest absolute Gasteiger partial charge is 0.334 e. The van der Waals surface area contributed by atoms with Gasteiger partial charge in [0.2, 0.25) is 0 Å². The molecule has 0 aliphatic rings. The van der Waals surface area contributed by atoms with Gasteiger partial charge in [0.25, 0.3) is 11.6 Å². The Balaban J connectivity index is 2.22. The summed E-state index contributed by atoms with van der Waals surface area (Å²) < 4.78 is 0. The van der Waals surface area contributed by atoms with Gasteiger partial charge in [-0.2, -0.15) is 0 Å². The first kappa shape index (κ1) is 15.7. The van der Waals surface area contributed by atoms with Crippen LogP contribution in [0.25, 0.3) is 0 Å². The number of nitro benzene ring substituents is 1. The van der Waals surface area contributed by atoms with Crippen LogP contribution in [0.1, 0.15) is 29.3 Å². The van der Waals surface area contributed by atoms with Crippen LogP contribution in [0.2, 0.25) is 0 Å². The Kier molecular flexibility index (Phi) is 5.25. The third-order valence-electron chi connectivity index (χ3n) is 3.30. The fourth-order valence-electron chi connectivity index (χ4n) is 2.26. The molecular formula is C17H18N2O3. The molecule has 0 saturated carbocycles. The average molecular weight is 298 g/mol. The van der Waals surface area contributed by atoms with Crippen LogP contribution in [0.3, 0.4) is 0 Å². The first-order valence-corrected chi connectivity index (χ1v) is 7.19. The van der Waals surface area contributed by atoms with E-state index in [0.29, 0.717) is 18.7 Å². The number of rotatable bonds is 6. The van der Waals surface area contributed by atoms with E-state index in [4.69, 9.17) is 0 Å². The minimum absolute atomic E-state index is 0.0676. The molecule has 2 rings (SSSR count). The van der Waals surface area contributed by atoms with Crippen LogP contribution in [-0.4, -0.2) is 22.3 Å². The van der Waals surface area contributed by atoms with Gasteiger partial charge in [0.05, 0.1) is 4.92 Å². The standard InChI is InChI=1S/C17H18N2O3/c1-2-11-18(13-14-7-4-3-5-8-14)17(20)15-9-6-10-16(12-15)19(21)22/h3-10,12H,2,11,13H2,1H3. The van der Waals surface area contributed by atoms with E-state index in [9.17, 15) is 14.9 Å². The van der Waals surface area contributed by atoms with Gasteiger partial charge in [0.1, 0.15) is 0 Å². The summed E-state index contributed by atoms with van der Waals surface area (Å²) in [6.45, 7) is 3.10. The number of nitro groups is 1. The number of hydrogen-bond acceptors (Lipinski definition) is 3. The summed E-state index contributed by atoms with van der Waals surface area (Å²) in [5.74, 6) is -0.186. The summed E-state index contributed by atoms with van der Waals surface area (Å²) in [7, 11) is 0. The number of carbonyl (C=O) groups is 1. The Morgan fingerprint density at radius 3 is 2.50 bits per heavy atom. The molecule has 1 amide bonds. The number of benzene rings is 2. The second kappa shape index (κ2) is 7.36. The fourth-order valence-corrected chi connectivity index (χ4v) is 2.26. The highest BCUT2D eigenvalue weighted by molar-refractivity contribution is 5.94. The van der Waals surface area contributed by atoms with Crippen molar-refractivity contribution in [1.29, 1.82) is 0 Å². The molecule has 0 spiro atoms. The van der Waals surface area contributed by atoms with Crippen molar-refractivity contribution in [2.75, 3.05) is 6.54 Å². The van der Waals surface area contributed by atoms with Gasteiger partial charge < -0.3 is 4.90 Å². The molecular weight excluding hydrogens is 280 g/mol. The summed E-state index contributed by atoms with van der Waals surface area (Å²) in [4.78, 5) is 24.7. The first-order chi connectivity index (χ1) is 10.6. The van der Waals surface area contributed by atoms with Gasteiger partial charge in [0.15, 0.2) is 0 Å². The highest BCUT2D eigenvalue weighted by Gasteiger charge is 2.17. The van der Waals surface area contributed by atoms with E-state index in [1.165, 1.54) is 18.2 Å². The lowest BCUT2D eigenvalue weighted by molar-refractivity contribution is -0.384. The van der Waals surface area contributed by atoms with Crippen LogP contribution < -0.4 is 0 Å². The van der Waals surface area contributed by atoms with Crippen LogP contribution in [-0.2, 0) is 6.54 Å². The summed E-state index contributed by atoms with van der Waals surface area (Å²) in [6, 6.07) is 15.6. The van der Waals surface area contributed by atoms with E-state index in [2.05, 4.69) is 0 Å². The summed E-state index contributed by atoms with van der Waals surface area (Å²) in [5, 5.41) is 10.8. The molecule has 0 fully saturated rings. The van der Waals surface area contributed by atoms with Crippen molar-refractivity contribution in [3.05, 3.63) is 75.8 Å². The SMILES string of the molecule is CCCN(Cc1ccccc1)C(=O)c1cccc([N+](=O)[O-])c1. The topological polar surface area (TPSA) is 63.5 Å². The van der Waals surface area contributed by atoms with Gasteiger partial charge in [-0.15, -0.1) is 0 Å². The van der Waals surface area contributed by atoms with Crippen LogP contribution in [0.5, 0.6) is 0 Å². The smallest absolute Gasteiger partial charge is 0.270 e. The van der Waals surface area contributed by atoms with Gasteiger partial charge in [-0.05, 0) is 18.1 Å². The predicted octanol–water partition coefficient (Wildman–Crippen LogP) is 3.65. The molecule has 5 heteroatoms. The molecule has 0 N–H and O–H groups in total. The summed E-state index contributed by atoms with van der Waals surface area (Å²) in [5.41, 5.74) is 1.32. The zero-order valence-corrected chi connectivity index (χ0v) is 12.4. The molecule has 0 aliphatic heterocycles. The quantitative estimate of drug-likeness (QED) is 0.604. The van der Waals surface area contributed by atoms with Crippen LogP contribution >= 0.6 is 0 Å². The van der Waals surface area contributed by atoms with Gasteiger partial charge in [0, 0.05) is 30.8 Å². The molecule has 2 aromatic rings. The number of nitrogens with zero attached hydrogens (tertiary/aromatic N) is 2. The van der Waals surface area contributed by atoms with Crippen molar-refractivity contribution in [3.8, 4) is 0 Å². The lowest BCUT2D eigenvalue weighted by Gasteiger charge is -2.22. The van der Waals surface area contributed by atoms with Crippen LogP contribution in [0.4, 0.5) is 5.69 Å². The Morgan fingerprint density at radius 1 is 1.14 bits per heavy atom. The van der Waals surface area contributed by atoms with Crippen molar-refractivity contribution in [1.82, 2.24) is 4.90 Å². The molecule has 0 aromatic heterocycles. The van der Waals surface area contributed by atoms with Crippen LogP contribution in [0.15, 0.2) is 54.6 Å². The number of amides is 1. The molecule has 22 heavy (non-hydrogen) atoms. The number of non-ortho nitro benzene ring substituents is 1. The average Bonchev–Trinajstić information content (AvgIpc) is 2.55. The zero-order chi connectivity index (χ0) is 15.9. The van der Waals surface area contributed by atoms with Crippen molar-refractivity contribution >= 4 is 11.6 Å². The van der Waals surface area contributed by atoms with Crippen LogP contribution in [0, 0.1) is 10.1 Å². The Bertz CT molecular complexity index is 656. The van der Waals surface area contributed by atoms with E-state index >= 15 is 0 Å². The molecule has 114 valence electrons. The van der Waals surface area contributed by atoms with Crippen molar-refractivity contribution < 1.29 is 9.72 Å². The summed E-state index contributed by atoms with van der Waals surface area (Å²) >= 11 is 0. The van der Waals surface area contributed by atoms with E-state index < -0.39 is 4.92 Å². The predicted molar refractivity (Wildman–Crippen MR) is 84.6 cm³/mol. The fraction of sp³-hybridized carbons (Fsp3) is 0.235.